The molecule has 7 N–H and O–H groups in total. The van der Waals surface area contributed by atoms with Crippen LogP contribution in [0.25, 0.3) is 11.3 Å². The number of thioether (sulfide) groups is 1. The zero-order valence-corrected chi connectivity index (χ0v) is 25.6. The molecule has 5 unspecified atom stereocenters. The number of halogens is 3. The summed E-state index contributed by atoms with van der Waals surface area (Å²) in [7, 11) is 0. The Morgan fingerprint density at radius 2 is 1.40 bits per heavy atom. The number of rotatable bonds is 11. The van der Waals surface area contributed by atoms with Crippen molar-refractivity contribution in [3.63, 3.8) is 0 Å². The molecule has 0 radical (unpaired) electrons. The normalized spacial score (nSPS) is 31.2. The first kappa shape index (κ1) is 35.1. The maximum atomic E-state index is 13.8. The molecule has 258 valence electrons. The summed E-state index contributed by atoms with van der Waals surface area (Å²) in [5, 5.41) is 82.5. The van der Waals surface area contributed by atoms with Crippen molar-refractivity contribution in [1.82, 2.24) is 35.3 Å². The first-order valence-corrected chi connectivity index (χ1v) is 15.6. The minimum absolute atomic E-state index is 0.0799. The second kappa shape index (κ2) is 14.9. The van der Waals surface area contributed by atoms with Gasteiger partial charge in [-0.25, -0.2) is 22.5 Å². The van der Waals surface area contributed by atoms with Crippen LogP contribution in [0.4, 0.5) is 13.2 Å². The summed E-state index contributed by atoms with van der Waals surface area (Å²) >= 11 is 0.700. The van der Waals surface area contributed by atoms with E-state index >= 15 is 0 Å². The molecule has 2 aromatic heterocycles. The van der Waals surface area contributed by atoms with Crippen molar-refractivity contribution >= 4 is 17.7 Å². The quantitative estimate of drug-likeness (QED) is 0.0935. The van der Waals surface area contributed by atoms with Crippen LogP contribution in [0, 0.1) is 17.5 Å². The van der Waals surface area contributed by atoms with Gasteiger partial charge in [0.25, 0.3) is 5.91 Å². The summed E-state index contributed by atoms with van der Waals surface area (Å²) in [6, 6.07) is -1.26. The number of hydrogen-bond donors (Lipinski definition) is 7. The average molecular weight is 690 g/mol. The Kier molecular flexibility index (Phi) is 11.1. The van der Waals surface area contributed by atoms with Gasteiger partial charge in [0.1, 0.15) is 65.3 Å². The molecular weight excluding hydrogens is 655 g/mol. The van der Waals surface area contributed by atoms with E-state index in [1.54, 1.807) is 0 Å². The number of aromatic nitrogens is 6. The van der Waals surface area contributed by atoms with Crippen LogP contribution in [0.3, 0.4) is 0 Å². The van der Waals surface area contributed by atoms with Crippen molar-refractivity contribution in [2.75, 3.05) is 19.8 Å². The molecule has 0 saturated carbocycles. The lowest BCUT2D eigenvalue weighted by Crippen LogP contribution is -2.58. The lowest BCUT2D eigenvalue weighted by Gasteiger charge is -2.46. The maximum Gasteiger partial charge on any atom is 0.273 e. The zero-order chi connectivity index (χ0) is 34.0. The molecule has 1 aromatic carbocycles. The number of aliphatic hydroxyl groups excluding tert-OH is 6. The Bertz CT molecular complexity index is 1510. The Morgan fingerprint density at radius 1 is 0.872 bits per heavy atom. The lowest BCUT2D eigenvalue weighted by molar-refractivity contribution is -0.189. The van der Waals surface area contributed by atoms with Gasteiger partial charge in [-0.3, -0.25) is 4.79 Å². The fourth-order valence-electron chi connectivity index (χ4n) is 5.37. The summed E-state index contributed by atoms with van der Waals surface area (Å²) in [6.45, 7) is 0.943. The monoisotopic (exact) mass is 689 g/mol. The highest BCUT2D eigenvalue weighted by Crippen LogP contribution is 2.42. The Labute approximate surface area is 269 Å². The van der Waals surface area contributed by atoms with E-state index < -0.39 is 96.2 Å². The third-order valence-corrected chi connectivity index (χ3v) is 9.24. The molecule has 20 heteroatoms. The fraction of sp³-hybridized carbons (Fsp3) is 0.593. The largest absolute Gasteiger partial charge is 0.394 e. The molecule has 2 fully saturated rings. The topological polar surface area (TPSA) is 230 Å². The third-order valence-electron chi connectivity index (χ3n) is 7.92. The van der Waals surface area contributed by atoms with Gasteiger partial charge in [-0.05, 0) is 18.6 Å². The van der Waals surface area contributed by atoms with Crippen LogP contribution in [-0.4, -0.2) is 134 Å². The van der Waals surface area contributed by atoms with E-state index in [-0.39, 0.29) is 17.0 Å². The van der Waals surface area contributed by atoms with Gasteiger partial charge >= 0.3 is 0 Å². The van der Waals surface area contributed by atoms with Crippen LogP contribution in [0.2, 0.25) is 0 Å². The van der Waals surface area contributed by atoms with Crippen molar-refractivity contribution in [2.24, 2.45) is 0 Å². The van der Waals surface area contributed by atoms with E-state index in [0.29, 0.717) is 30.4 Å². The van der Waals surface area contributed by atoms with E-state index in [0.717, 1.165) is 28.4 Å². The minimum Gasteiger partial charge on any atom is -0.394 e. The summed E-state index contributed by atoms with van der Waals surface area (Å²) in [5.74, 6) is -5.13. The molecule has 0 aliphatic carbocycles. The van der Waals surface area contributed by atoms with Crippen LogP contribution >= 0.6 is 11.8 Å². The van der Waals surface area contributed by atoms with E-state index in [2.05, 4.69) is 25.9 Å². The predicted molar refractivity (Wildman–Crippen MR) is 154 cm³/mol. The SMILES string of the molecule is CCCCNC(=O)c1cn(C2C(O)[C@@H](CO)OC(S[C@@H]3OC(CO)[C@H](O)[C@H](n4cc(-c5cc(F)c(F)c(F)c5)nn4)C3O)[C@@H]2O)nn1. The zero-order valence-electron chi connectivity index (χ0n) is 24.8. The molecule has 16 nitrogen and oxygen atoms in total. The number of unbranched alkanes of at least 4 members (excludes halogenated alkanes) is 1. The number of aliphatic hydroxyl groups is 6. The van der Waals surface area contributed by atoms with Crippen molar-refractivity contribution in [3.05, 3.63) is 47.7 Å². The summed E-state index contributed by atoms with van der Waals surface area (Å²) in [6.07, 6.45) is -4.96. The average Bonchev–Trinajstić information content (AvgIpc) is 3.73. The van der Waals surface area contributed by atoms with Gasteiger partial charge < -0.3 is 45.4 Å². The molecule has 47 heavy (non-hydrogen) atoms. The van der Waals surface area contributed by atoms with Gasteiger partial charge in [0.2, 0.25) is 0 Å². The second-order valence-electron chi connectivity index (χ2n) is 11.1. The molecule has 2 aliphatic heterocycles. The smallest absolute Gasteiger partial charge is 0.273 e. The number of carbonyl (C=O) groups is 1. The predicted octanol–water partition coefficient (Wildman–Crippen LogP) is -1.12. The molecule has 3 aromatic rings. The van der Waals surface area contributed by atoms with Gasteiger partial charge in [0.15, 0.2) is 23.1 Å². The van der Waals surface area contributed by atoms with E-state index in [4.69, 9.17) is 9.47 Å². The summed E-state index contributed by atoms with van der Waals surface area (Å²) in [5.41, 5.74) is -3.05. The first-order chi connectivity index (χ1) is 22.5. The Balaban J connectivity index is 1.37. The summed E-state index contributed by atoms with van der Waals surface area (Å²) in [4.78, 5) is 12.5. The minimum atomic E-state index is -1.68. The van der Waals surface area contributed by atoms with Crippen LogP contribution in [-0.2, 0) is 9.47 Å². The van der Waals surface area contributed by atoms with Crippen molar-refractivity contribution in [1.29, 1.82) is 0 Å². The summed E-state index contributed by atoms with van der Waals surface area (Å²) < 4.78 is 54.7. The Hall–Kier alpha value is -3.21. The molecule has 2 aliphatic rings. The van der Waals surface area contributed by atoms with Crippen molar-refractivity contribution < 1.29 is 58.1 Å². The van der Waals surface area contributed by atoms with Crippen LogP contribution in [0.15, 0.2) is 24.5 Å². The van der Waals surface area contributed by atoms with Gasteiger partial charge in [0, 0.05) is 12.1 Å². The van der Waals surface area contributed by atoms with Crippen LogP contribution in [0.5, 0.6) is 0 Å². The molecule has 0 spiro atoms. The maximum absolute atomic E-state index is 13.8. The Morgan fingerprint density at radius 3 is 1.94 bits per heavy atom. The molecule has 1 amide bonds. The number of ether oxygens (including phenoxy) is 2. The van der Waals surface area contributed by atoms with E-state index in [9.17, 15) is 48.6 Å². The highest BCUT2D eigenvalue weighted by molar-refractivity contribution is 8.00. The lowest BCUT2D eigenvalue weighted by atomic mass is 9.97. The van der Waals surface area contributed by atoms with Crippen molar-refractivity contribution in [2.45, 2.75) is 79.3 Å². The third kappa shape index (κ3) is 7.15. The van der Waals surface area contributed by atoms with E-state index in [1.165, 1.54) is 6.20 Å². The highest BCUT2D eigenvalue weighted by atomic mass is 32.2. The first-order valence-electron chi connectivity index (χ1n) is 14.7. The molecule has 4 heterocycles. The highest BCUT2D eigenvalue weighted by Gasteiger charge is 2.51. The molecule has 10 atom stereocenters. The standard InChI is InChI=1S/C27H34F3N7O9S/c1-2-3-4-31-25(44)15-8-37(35-33-15)20-22(41)17(10-39)46-27(24(20)43)47-26-23(42)19(21(40)16(9-38)45-26)36-7-14(32-34-36)11-5-12(28)18(30)13(29)6-11/h5-8,16-17,19-24,26-27,38-43H,2-4,9-10H2,1H3,(H,31,44)/t16?,17-,19+,20?,21+,22?,23?,24-,26+,27?/m1/s1. The molecule has 5 rings (SSSR count). The van der Waals surface area contributed by atoms with Gasteiger partial charge in [-0.1, -0.05) is 35.5 Å². The van der Waals surface area contributed by atoms with Crippen LogP contribution < -0.4 is 5.32 Å². The van der Waals surface area contributed by atoms with Gasteiger partial charge in [0.05, 0.1) is 25.6 Å². The molecule has 0 bridgehead atoms. The van der Waals surface area contributed by atoms with Crippen molar-refractivity contribution in [3.8, 4) is 11.3 Å². The van der Waals surface area contributed by atoms with Gasteiger partial charge in [-0.2, -0.15) is 0 Å². The number of amides is 1. The molecule has 2 saturated heterocycles. The van der Waals surface area contributed by atoms with Crippen LogP contribution in [0.1, 0.15) is 42.3 Å². The fourth-order valence-corrected chi connectivity index (χ4v) is 6.69. The molecular formula is C27H34F3N7O9S. The van der Waals surface area contributed by atoms with E-state index in [1.807, 2.05) is 6.92 Å². The number of benzene rings is 1. The number of carbonyl (C=O) groups excluding carboxylic acids is 1. The number of hydrogen-bond acceptors (Lipinski definition) is 14. The number of nitrogens with one attached hydrogen (secondary N) is 1. The second-order valence-corrected chi connectivity index (χ2v) is 12.3. The van der Waals surface area contributed by atoms with Gasteiger partial charge in [-0.15, -0.1) is 10.2 Å². The number of nitrogens with zero attached hydrogens (tertiary/aromatic N) is 6.